The molecule has 1 N–H and O–H groups in total. The van der Waals surface area contributed by atoms with Crippen LogP contribution in [0.15, 0.2) is 24.3 Å². The normalized spacial score (nSPS) is 12.4. The number of carbonyl (C=O) groups is 1. The SMILES string of the molecule is CC(C)C(SCCOc1ccc(Cl)cc1)C(=O)O. The highest BCUT2D eigenvalue weighted by Crippen LogP contribution is 2.20. The number of ether oxygens (including phenoxy) is 1. The summed E-state index contributed by atoms with van der Waals surface area (Å²) in [5, 5.41) is 9.31. The Morgan fingerprint density at radius 3 is 2.50 bits per heavy atom. The number of thioether (sulfide) groups is 1. The highest BCUT2D eigenvalue weighted by Gasteiger charge is 2.21. The summed E-state index contributed by atoms with van der Waals surface area (Å²) in [6, 6.07) is 7.12. The fourth-order valence-corrected chi connectivity index (χ4v) is 2.50. The van der Waals surface area contributed by atoms with Gasteiger partial charge in [-0.05, 0) is 30.2 Å². The highest BCUT2D eigenvalue weighted by atomic mass is 35.5. The van der Waals surface area contributed by atoms with Crippen LogP contribution in [0, 0.1) is 5.92 Å². The summed E-state index contributed by atoms with van der Waals surface area (Å²) in [4.78, 5) is 11.0. The number of halogens is 1. The number of aliphatic carboxylic acids is 1. The first-order valence-electron chi connectivity index (χ1n) is 5.73. The van der Waals surface area contributed by atoms with Gasteiger partial charge in [-0.2, -0.15) is 0 Å². The third kappa shape index (κ3) is 5.19. The van der Waals surface area contributed by atoms with Gasteiger partial charge in [0.05, 0.1) is 6.61 Å². The molecule has 0 aliphatic rings. The van der Waals surface area contributed by atoms with Crippen molar-refractivity contribution < 1.29 is 14.6 Å². The molecule has 0 amide bonds. The van der Waals surface area contributed by atoms with Crippen molar-refractivity contribution >= 4 is 29.3 Å². The Labute approximate surface area is 116 Å². The molecule has 100 valence electrons. The molecule has 0 saturated carbocycles. The van der Waals surface area contributed by atoms with Crippen LogP contribution >= 0.6 is 23.4 Å². The van der Waals surface area contributed by atoms with Crippen LogP contribution < -0.4 is 4.74 Å². The van der Waals surface area contributed by atoms with Gasteiger partial charge in [0, 0.05) is 10.8 Å². The number of benzene rings is 1. The second-order valence-corrected chi connectivity index (χ2v) is 5.86. The lowest BCUT2D eigenvalue weighted by Crippen LogP contribution is -2.23. The van der Waals surface area contributed by atoms with E-state index in [9.17, 15) is 4.79 Å². The first kappa shape index (κ1) is 15.2. The van der Waals surface area contributed by atoms with Crippen molar-refractivity contribution in [1.29, 1.82) is 0 Å². The molecule has 0 aliphatic carbocycles. The van der Waals surface area contributed by atoms with E-state index in [0.29, 0.717) is 17.4 Å². The molecule has 0 aromatic heterocycles. The summed E-state index contributed by atoms with van der Waals surface area (Å²) in [6.45, 7) is 4.31. The number of carboxylic acid groups (broad SMARTS) is 1. The van der Waals surface area contributed by atoms with E-state index in [4.69, 9.17) is 21.4 Å². The summed E-state index contributed by atoms with van der Waals surface area (Å²) >= 11 is 7.17. The molecule has 0 aliphatic heterocycles. The Morgan fingerprint density at radius 1 is 1.39 bits per heavy atom. The maximum atomic E-state index is 11.0. The van der Waals surface area contributed by atoms with Crippen molar-refractivity contribution in [2.24, 2.45) is 5.92 Å². The van der Waals surface area contributed by atoms with E-state index >= 15 is 0 Å². The van der Waals surface area contributed by atoms with Crippen LogP contribution in [0.2, 0.25) is 5.02 Å². The highest BCUT2D eigenvalue weighted by molar-refractivity contribution is 8.00. The minimum atomic E-state index is -0.763. The van der Waals surface area contributed by atoms with Gasteiger partial charge in [0.2, 0.25) is 0 Å². The molecular weight excluding hydrogens is 272 g/mol. The molecule has 18 heavy (non-hydrogen) atoms. The zero-order valence-corrected chi connectivity index (χ0v) is 12.0. The van der Waals surface area contributed by atoms with E-state index < -0.39 is 5.97 Å². The Balaban J connectivity index is 2.29. The molecular formula is C13H17ClO3S. The number of carboxylic acids is 1. The standard InChI is InChI=1S/C13H17ClO3S/c1-9(2)12(13(15)16)18-8-7-17-11-5-3-10(14)4-6-11/h3-6,9,12H,7-8H2,1-2H3,(H,15,16). The maximum absolute atomic E-state index is 11.0. The quantitative estimate of drug-likeness (QED) is 0.779. The minimum Gasteiger partial charge on any atom is -0.493 e. The van der Waals surface area contributed by atoms with Crippen LogP contribution in [0.3, 0.4) is 0 Å². The molecule has 0 saturated heterocycles. The molecule has 1 atom stereocenters. The van der Waals surface area contributed by atoms with Crippen LogP contribution in [0.1, 0.15) is 13.8 Å². The van der Waals surface area contributed by atoms with Gasteiger partial charge in [-0.3, -0.25) is 4.79 Å². The summed E-state index contributed by atoms with van der Waals surface area (Å²) in [7, 11) is 0. The maximum Gasteiger partial charge on any atom is 0.316 e. The van der Waals surface area contributed by atoms with Gasteiger partial charge >= 0.3 is 5.97 Å². The number of hydrogen-bond donors (Lipinski definition) is 1. The van der Waals surface area contributed by atoms with E-state index in [0.717, 1.165) is 5.75 Å². The van der Waals surface area contributed by atoms with E-state index in [2.05, 4.69) is 0 Å². The largest absolute Gasteiger partial charge is 0.493 e. The summed E-state index contributed by atoms with van der Waals surface area (Å²) < 4.78 is 5.50. The third-order valence-corrected chi connectivity index (χ3v) is 4.07. The predicted molar refractivity (Wildman–Crippen MR) is 75.7 cm³/mol. The van der Waals surface area contributed by atoms with Gasteiger partial charge in [-0.25, -0.2) is 0 Å². The molecule has 1 unspecified atom stereocenters. The summed E-state index contributed by atoms with van der Waals surface area (Å²) in [5.74, 6) is 0.749. The first-order valence-corrected chi connectivity index (χ1v) is 7.16. The zero-order chi connectivity index (χ0) is 13.5. The van der Waals surface area contributed by atoms with Crippen molar-refractivity contribution in [3.05, 3.63) is 29.3 Å². The molecule has 0 radical (unpaired) electrons. The number of rotatable bonds is 7. The fourth-order valence-electron chi connectivity index (χ4n) is 1.41. The molecule has 5 heteroatoms. The van der Waals surface area contributed by atoms with Crippen LogP contribution in [0.5, 0.6) is 5.75 Å². The molecule has 1 rings (SSSR count). The molecule has 3 nitrogen and oxygen atoms in total. The second kappa shape index (κ2) is 7.54. The summed E-state index contributed by atoms with van der Waals surface area (Å²) in [5.41, 5.74) is 0. The average Bonchev–Trinajstić information content (AvgIpc) is 2.30. The molecule has 0 fully saturated rings. The van der Waals surface area contributed by atoms with Gasteiger partial charge < -0.3 is 9.84 Å². The minimum absolute atomic E-state index is 0.114. The Kier molecular flexibility index (Phi) is 6.36. The topological polar surface area (TPSA) is 46.5 Å². The first-order chi connectivity index (χ1) is 8.50. The Bertz CT molecular complexity index is 378. The van der Waals surface area contributed by atoms with Crippen LogP contribution in [-0.4, -0.2) is 28.7 Å². The van der Waals surface area contributed by atoms with Crippen LogP contribution in [0.25, 0.3) is 0 Å². The molecule has 0 spiro atoms. The smallest absolute Gasteiger partial charge is 0.316 e. The van der Waals surface area contributed by atoms with Gasteiger partial charge in [0.1, 0.15) is 11.0 Å². The fraction of sp³-hybridized carbons (Fsp3) is 0.462. The lowest BCUT2D eigenvalue weighted by atomic mass is 10.1. The van der Waals surface area contributed by atoms with Gasteiger partial charge in [0.15, 0.2) is 0 Å². The lowest BCUT2D eigenvalue weighted by Gasteiger charge is -2.15. The van der Waals surface area contributed by atoms with Crippen molar-refractivity contribution in [1.82, 2.24) is 0 Å². The second-order valence-electron chi connectivity index (χ2n) is 4.18. The van der Waals surface area contributed by atoms with E-state index in [-0.39, 0.29) is 11.2 Å². The van der Waals surface area contributed by atoms with Crippen molar-refractivity contribution in [2.45, 2.75) is 19.1 Å². The number of hydrogen-bond acceptors (Lipinski definition) is 3. The van der Waals surface area contributed by atoms with E-state index in [1.165, 1.54) is 11.8 Å². The third-order valence-electron chi connectivity index (χ3n) is 2.31. The Hall–Kier alpha value is -0.870. The van der Waals surface area contributed by atoms with Crippen molar-refractivity contribution in [3.63, 3.8) is 0 Å². The van der Waals surface area contributed by atoms with Crippen LogP contribution in [-0.2, 0) is 4.79 Å². The predicted octanol–water partition coefficient (Wildman–Crippen LogP) is 3.56. The molecule has 0 bridgehead atoms. The Morgan fingerprint density at radius 2 is 2.00 bits per heavy atom. The van der Waals surface area contributed by atoms with Gasteiger partial charge in [-0.1, -0.05) is 25.4 Å². The molecule has 0 heterocycles. The van der Waals surface area contributed by atoms with Crippen molar-refractivity contribution in [3.8, 4) is 5.75 Å². The van der Waals surface area contributed by atoms with E-state index in [1.54, 1.807) is 24.3 Å². The summed E-state index contributed by atoms with van der Waals surface area (Å²) in [6.07, 6.45) is 0. The van der Waals surface area contributed by atoms with Gasteiger partial charge in [0.25, 0.3) is 0 Å². The molecule has 1 aromatic rings. The van der Waals surface area contributed by atoms with E-state index in [1.807, 2.05) is 13.8 Å². The van der Waals surface area contributed by atoms with Crippen LogP contribution in [0.4, 0.5) is 0 Å². The zero-order valence-electron chi connectivity index (χ0n) is 10.4. The van der Waals surface area contributed by atoms with Crippen molar-refractivity contribution in [2.75, 3.05) is 12.4 Å². The monoisotopic (exact) mass is 288 g/mol. The molecule has 1 aromatic carbocycles. The lowest BCUT2D eigenvalue weighted by molar-refractivity contribution is -0.137. The van der Waals surface area contributed by atoms with Gasteiger partial charge in [-0.15, -0.1) is 11.8 Å². The average molecular weight is 289 g/mol.